The highest BCUT2D eigenvalue weighted by atomic mass is 16.6. The third kappa shape index (κ3) is 5.37. The molecule has 4 bridgehead atoms. The first-order valence-electron chi connectivity index (χ1n) is 15.1. The van der Waals surface area contributed by atoms with Gasteiger partial charge in [-0.1, -0.05) is 49.4 Å². The molecule has 39 heavy (non-hydrogen) atoms. The van der Waals surface area contributed by atoms with Crippen molar-refractivity contribution in [1.82, 2.24) is 14.5 Å². The van der Waals surface area contributed by atoms with Gasteiger partial charge in [-0.05, 0) is 68.9 Å². The van der Waals surface area contributed by atoms with E-state index in [1.54, 1.807) is 0 Å². The lowest BCUT2D eigenvalue weighted by Gasteiger charge is -2.54. The molecule has 2 saturated carbocycles. The van der Waals surface area contributed by atoms with Gasteiger partial charge < -0.3 is 14.5 Å². The normalized spacial score (nSPS) is 31.6. The minimum atomic E-state index is -0.942. The summed E-state index contributed by atoms with van der Waals surface area (Å²) in [5.74, 6) is 0.851. The molecule has 1 aromatic carbocycles. The van der Waals surface area contributed by atoms with Crippen LogP contribution in [0.3, 0.4) is 0 Å². The zero-order valence-electron chi connectivity index (χ0n) is 23.1. The molecule has 6 rings (SSSR count). The number of para-hydroxylation sites is 2. The van der Waals surface area contributed by atoms with Crippen molar-refractivity contribution in [3.05, 3.63) is 40.3 Å². The zero-order chi connectivity index (χ0) is 26.9. The van der Waals surface area contributed by atoms with Crippen molar-refractivity contribution in [1.29, 1.82) is 0 Å². The Balaban J connectivity index is 1.34. The van der Waals surface area contributed by atoms with Crippen molar-refractivity contribution in [2.24, 2.45) is 17.0 Å². The second-order valence-electron chi connectivity index (χ2n) is 12.4. The Morgan fingerprint density at radius 2 is 1.62 bits per heavy atom. The molecule has 2 aromatic rings. The highest BCUT2D eigenvalue weighted by Gasteiger charge is 2.45. The van der Waals surface area contributed by atoms with E-state index >= 15 is 0 Å². The van der Waals surface area contributed by atoms with E-state index in [1.165, 1.54) is 71.3 Å². The summed E-state index contributed by atoms with van der Waals surface area (Å²) < 4.78 is 1.97. The molecule has 0 radical (unpaired) electrons. The summed E-state index contributed by atoms with van der Waals surface area (Å²) in [6.07, 6.45) is 15.4. The summed E-state index contributed by atoms with van der Waals surface area (Å²) in [7, 11) is 1.42. The molecular formula is C31H42N4O4. The van der Waals surface area contributed by atoms with Crippen LogP contribution in [0.25, 0.3) is 11.0 Å². The minimum absolute atomic E-state index is 0.0878. The van der Waals surface area contributed by atoms with E-state index in [0.29, 0.717) is 23.8 Å². The van der Waals surface area contributed by atoms with Crippen LogP contribution in [0.15, 0.2) is 34.2 Å². The zero-order valence-corrected chi connectivity index (χ0v) is 23.1. The number of carbonyl (C=O) groups is 1. The van der Waals surface area contributed by atoms with E-state index in [4.69, 9.17) is 4.84 Å². The number of piperidine rings is 2. The van der Waals surface area contributed by atoms with Crippen molar-refractivity contribution in [2.45, 2.75) is 114 Å². The van der Waals surface area contributed by atoms with Crippen LogP contribution in [0.2, 0.25) is 0 Å². The number of hydrogen-bond acceptors (Lipinski definition) is 6. The average molecular weight is 535 g/mol. The van der Waals surface area contributed by atoms with E-state index < -0.39 is 5.97 Å². The average Bonchev–Trinajstić information content (AvgIpc) is 3.09. The molecule has 0 amide bonds. The summed E-state index contributed by atoms with van der Waals surface area (Å²) in [6.45, 7) is 0. The second kappa shape index (κ2) is 11.4. The quantitative estimate of drug-likeness (QED) is 0.371. The predicted molar refractivity (Wildman–Crippen MR) is 151 cm³/mol. The molecule has 3 heterocycles. The first-order chi connectivity index (χ1) is 19.0. The molecule has 0 spiro atoms. The highest BCUT2D eigenvalue weighted by molar-refractivity contribution is 6.00. The molecular weight excluding hydrogens is 492 g/mol. The lowest BCUT2D eigenvalue weighted by Crippen LogP contribution is -2.58. The molecule has 210 valence electrons. The lowest BCUT2D eigenvalue weighted by atomic mass is 9.73. The molecule has 2 aliphatic heterocycles. The fourth-order valence-electron chi connectivity index (χ4n) is 8.55. The van der Waals surface area contributed by atoms with Gasteiger partial charge in [-0.2, -0.15) is 0 Å². The maximum atomic E-state index is 14.1. The molecule has 2 aliphatic carbocycles. The number of rotatable bonds is 7. The molecule has 1 N–H and O–H groups in total. The third-order valence-corrected chi connectivity index (χ3v) is 9.99. The van der Waals surface area contributed by atoms with Crippen molar-refractivity contribution in [3.63, 3.8) is 0 Å². The largest absolute Gasteiger partial charge is 0.481 e. The minimum Gasteiger partial charge on any atom is -0.481 e. The van der Waals surface area contributed by atoms with Crippen LogP contribution in [-0.4, -0.2) is 56.5 Å². The molecule has 2 saturated heterocycles. The van der Waals surface area contributed by atoms with Gasteiger partial charge in [0.25, 0.3) is 5.56 Å². The molecule has 8 heteroatoms. The highest BCUT2D eigenvalue weighted by Crippen LogP contribution is 2.47. The van der Waals surface area contributed by atoms with Gasteiger partial charge >= 0.3 is 5.97 Å². The Kier molecular flexibility index (Phi) is 7.74. The summed E-state index contributed by atoms with van der Waals surface area (Å²) in [6, 6.07) is 9.61. The van der Waals surface area contributed by atoms with Gasteiger partial charge in [0.15, 0.2) is 5.69 Å². The Labute approximate surface area is 230 Å². The maximum Gasteiger partial charge on any atom is 0.303 e. The molecule has 8 nitrogen and oxygen atoms in total. The first kappa shape index (κ1) is 26.5. The van der Waals surface area contributed by atoms with Crippen molar-refractivity contribution in [3.8, 4) is 0 Å². The topological polar surface area (TPSA) is 97.0 Å². The van der Waals surface area contributed by atoms with Crippen LogP contribution < -0.4 is 5.56 Å². The number of oxime groups is 1. The number of carboxylic acid groups (broad SMARTS) is 1. The van der Waals surface area contributed by atoms with Gasteiger partial charge in [0.2, 0.25) is 0 Å². The van der Waals surface area contributed by atoms with Gasteiger partial charge in [0.05, 0.1) is 17.5 Å². The fraction of sp³-hybridized carbons (Fsp3) is 0.677. The maximum absolute atomic E-state index is 14.1. The molecule has 6 atom stereocenters. The lowest BCUT2D eigenvalue weighted by molar-refractivity contribution is -0.136. The van der Waals surface area contributed by atoms with E-state index in [-0.39, 0.29) is 30.1 Å². The van der Waals surface area contributed by atoms with Gasteiger partial charge in [-0.25, -0.2) is 4.98 Å². The van der Waals surface area contributed by atoms with E-state index in [1.807, 2.05) is 28.8 Å². The summed E-state index contributed by atoms with van der Waals surface area (Å²) in [5, 5.41) is 13.3. The van der Waals surface area contributed by atoms with Crippen LogP contribution in [-0.2, 0) is 9.63 Å². The smallest absolute Gasteiger partial charge is 0.303 e. The van der Waals surface area contributed by atoms with E-state index in [0.717, 1.165) is 35.7 Å². The van der Waals surface area contributed by atoms with Crippen molar-refractivity contribution >= 4 is 22.7 Å². The fourth-order valence-corrected chi connectivity index (χ4v) is 8.55. The standard InChI is InChI=1S/C31H42N4O4/c1-39-33-27(13-14-29(36)37)30-31(38)35(28-12-5-4-11-26(28)32-30)25-18-22-9-6-10-23(19-25)34(22)24-16-20-7-2-3-8-21(15-20)17-24/h4-5,11-12,20-25H,2-3,6-10,13-19H2,1H3,(H,36,37)/b33-27+/t20-,21+,22-,23+,24?,25+. The summed E-state index contributed by atoms with van der Waals surface area (Å²) >= 11 is 0. The molecule has 4 aliphatic rings. The Bertz CT molecular complexity index is 1260. The Hall–Kier alpha value is -2.74. The van der Waals surface area contributed by atoms with E-state index in [9.17, 15) is 14.7 Å². The van der Waals surface area contributed by atoms with Crippen molar-refractivity contribution in [2.75, 3.05) is 7.11 Å². The molecule has 1 unspecified atom stereocenters. The Morgan fingerprint density at radius 1 is 0.923 bits per heavy atom. The Morgan fingerprint density at radius 3 is 2.28 bits per heavy atom. The summed E-state index contributed by atoms with van der Waals surface area (Å²) in [5.41, 5.74) is 1.90. The van der Waals surface area contributed by atoms with Crippen LogP contribution in [0, 0.1) is 11.8 Å². The number of fused-ring (bicyclic) bond motifs is 5. The van der Waals surface area contributed by atoms with Crippen LogP contribution in [0.1, 0.15) is 102 Å². The van der Waals surface area contributed by atoms with Crippen LogP contribution in [0.5, 0.6) is 0 Å². The van der Waals surface area contributed by atoms with Crippen molar-refractivity contribution < 1.29 is 14.7 Å². The second-order valence-corrected chi connectivity index (χ2v) is 12.4. The van der Waals surface area contributed by atoms with Gasteiger partial charge in [-0.3, -0.25) is 14.5 Å². The number of aliphatic carboxylic acids is 1. The number of hydrogen-bond donors (Lipinski definition) is 1. The number of nitrogens with zero attached hydrogens (tertiary/aromatic N) is 4. The monoisotopic (exact) mass is 534 g/mol. The van der Waals surface area contributed by atoms with Gasteiger partial charge in [0, 0.05) is 30.6 Å². The third-order valence-electron chi connectivity index (χ3n) is 9.99. The molecule has 4 fully saturated rings. The number of aromatic nitrogens is 2. The molecule has 1 aromatic heterocycles. The van der Waals surface area contributed by atoms with Crippen LogP contribution >= 0.6 is 0 Å². The van der Waals surface area contributed by atoms with Gasteiger partial charge in [0.1, 0.15) is 12.8 Å². The SMILES string of the molecule is CO/N=C(\CCC(=O)O)c1nc2ccccc2n([C@H]2C[C@H]3CCC[C@@H](C2)N3C2C[C@H]3CCCC[C@@H](C2)C3)c1=O. The summed E-state index contributed by atoms with van der Waals surface area (Å²) in [4.78, 5) is 38.0. The number of carboxylic acids is 1. The number of benzene rings is 1. The van der Waals surface area contributed by atoms with E-state index in [2.05, 4.69) is 15.0 Å². The predicted octanol–water partition coefficient (Wildman–Crippen LogP) is 5.53. The van der Waals surface area contributed by atoms with Gasteiger partial charge in [-0.15, -0.1) is 0 Å². The van der Waals surface area contributed by atoms with Crippen LogP contribution in [0.4, 0.5) is 0 Å². The first-order valence-corrected chi connectivity index (χ1v) is 15.1.